The standard InChI is InChI=1S/C8H6BrFN2O4S/c9-4-1-2-5(13)8(7(4)10)12-3-6(14)11-17(12,15)16/h1-2,13H,3H2,(H,11,14). The molecule has 92 valence electrons. The monoisotopic (exact) mass is 324 g/mol. The van der Waals surface area contributed by atoms with Crippen molar-refractivity contribution in [2.45, 2.75) is 0 Å². The van der Waals surface area contributed by atoms with Crippen LogP contribution in [0, 0.1) is 5.82 Å². The van der Waals surface area contributed by atoms with Gasteiger partial charge in [0.1, 0.15) is 18.0 Å². The van der Waals surface area contributed by atoms with Crippen molar-refractivity contribution in [2.24, 2.45) is 0 Å². The largest absolute Gasteiger partial charge is 0.506 e. The summed E-state index contributed by atoms with van der Waals surface area (Å²) in [6.07, 6.45) is 0. The van der Waals surface area contributed by atoms with Gasteiger partial charge in [-0.05, 0) is 28.1 Å². The quantitative estimate of drug-likeness (QED) is 0.786. The van der Waals surface area contributed by atoms with Crippen LogP contribution >= 0.6 is 15.9 Å². The minimum Gasteiger partial charge on any atom is -0.506 e. The molecule has 0 aromatic heterocycles. The van der Waals surface area contributed by atoms with Crippen LogP contribution in [-0.4, -0.2) is 26.0 Å². The topological polar surface area (TPSA) is 86.7 Å². The number of nitrogens with zero attached hydrogens (tertiary/aromatic N) is 1. The lowest BCUT2D eigenvalue weighted by Gasteiger charge is -2.17. The van der Waals surface area contributed by atoms with E-state index in [1.54, 1.807) is 4.72 Å². The predicted octanol–water partition coefficient (Wildman–Crippen LogP) is 0.475. The van der Waals surface area contributed by atoms with Crippen LogP contribution in [0.3, 0.4) is 0 Å². The van der Waals surface area contributed by atoms with E-state index < -0.39 is 39.9 Å². The van der Waals surface area contributed by atoms with Crippen LogP contribution in [0.1, 0.15) is 0 Å². The number of hydrogen-bond acceptors (Lipinski definition) is 4. The molecular weight excluding hydrogens is 319 g/mol. The minimum absolute atomic E-state index is 0.0140. The second-order valence-electron chi connectivity index (χ2n) is 3.27. The van der Waals surface area contributed by atoms with E-state index in [4.69, 9.17) is 0 Å². The maximum atomic E-state index is 13.7. The molecular formula is C8H6BrFN2O4S. The number of nitrogens with one attached hydrogen (secondary N) is 1. The van der Waals surface area contributed by atoms with E-state index in [1.165, 1.54) is 6.07 Å². The van der Waals surface area contributed by atoms with Gasteiger partial charge in [0.2, 0.25) is 0 Å². The van der Waals surface area contributed by atoms with Crippen molar-refractivity contribution in [3.05, 3.63) is 22.4 Å². The number of carbonyl (C=O) groups excluding carboxylic acids is 1. The van der Waals surface area contributed by atoms with Gasteiger partial charge in [-0.15, -0.1) is 0 Å². The molecule has 17 heavy (non-hydrogen) atoms. The summed E-state index contributed by atoms with van der Waals surface area (Å²) in [5, 5.41) is 9.49. The third kappa shape index (κ3) is 1.95. The highest BCUT2D eigenvalue weighted by atomic mass is 79.9. The highest BCUT2D eigenvalue weighted by molar-refractivity contribution is 9.10. The Kier molecular flexibility index (Phi) is 2.74. The van der Waals surface area contributed by atoms with E-state index in [0.717, 1.165) is 6.07 Å². The van der Waals surface area contributed by atoms with E-state index in [0.29, 0.717) is 4.31 Å². The van der Waals surface area contributed by atoms with Gasteiger partial charge in [0.15, 0.2) is 5.82 Å². The van der Waals surface area contributed by atoms with Gasteiger partial charge in [-0.25, -0.2) is 13.4 Å². The molecule has 1 fully saturated rings. The number of aromatic hydroxyl groups is 1. The lowest BCUT2D eigenvalue weighted by Crippen LogP contribution is -2.30. The zero-order valence-corrected chi connectivity index (χ0v) is 10.5. The first-order valence-corrected chi connectivity index (χ1v) is 6.56. The summed E-state index contributed by atoms with van der Waals surface area (Å²) >= 11 is 2.87. The number of anilines is 1. The molecule has 0 spiro atoms. The van der Waals surface area contributed by atoms with Crippen molar-refractivity contribution in [3.63, 3.8) is 0 Å². The Morgan fingerprint density at radius 1 is 1.47 bits per heavy atom. The summed E-state index contributed by atoms with van der Waals surface area (Å²) in [5.74, 6) is -2.31. The molecule has 1 aromatic carbocycles. The Hall–Kier alpha value is -1.35. The molecule has 0 atom stereocenters. The van der Waals surface area contributed by atoms with Crippen LogP contribution in [0.15, 0.2) is 16.6 Å². The van der Waals surface area contributed by atoms with Gasteiger partial charge in [0.25, 0.3) is 5.91 Å². The van der Waals surface area contributed by atoms with Gasteiger partial charge in [0.05, 0.1) is 4.47 Å². The van der Waals surface area contributed by atoms with Crippen molar-refractivity contribution in [1.29, 1.82) is 0 Å². The predicted molar refractivity (Wildman–Crippen MR) is 60.2 cm³/mol. The number of phenolic OH excluding ortho intramolecular Hbond substituents is 1. The van der Waals surface area contributed by atoms with Crippen molar-refractivity contribution in [3.8, 4) is 5.75 Å². The number of benzene rings is 1. The third-order valence-corrected chi connectivity index (χ3v) is 4.11. The summed E-state index contributed by atoms with van der Waals surface area (Å²) in [6, 6.07) is 2.35. The minimum atomic E-state index is -4.14. The molecule has 2 rings (SSSR count). The first kappa shape index (κ1) is 12.1. The average Bonchev–Trinajstić information content (AvgIpc) is 2.47. The van der Waals surface area contributed by atoms with E-state index in [9.17, 15) is 22.7 Å². The molecule has 0 radical (unpaired) electrons. The highest BCUT2D eigenvalue weighted by Gasteiger charge is 2.37. The SMILES string of the molecule is O=C1CN(c2c(O)ccc(Br)c2F)S(=O)(=O)N1. The maximum Gasteiger partial charge on any atom is 0.326 e. The molecule has 1 saturated heterocycles. The van der Waals surface area contributed by atoms with Gasteiger partial charge >= 0.3 is 10.2 Å². The van der Waals surface area contributed by atoms with Gasteiger partial charge < -0.3 is 5.11 Å². The first-order chi connectivity index (χ1) is 7.83. The van der Waals surface area contributed by atoms with Crippen molar-refractivity contribution < 1.29 is 22.7 Å². The number of phenols is 1. The fourth-order valence-corrected chi connectivity index (χ4v) is 2.90. The number of hydrogen-bond donors (Lipinski definition) is 2. The molecule has 1 aromatic rings. The normalized spacial score (nSPS) is 18.2. The Morgan fingerprint density at radius 3 is 2.65 bits per heavy atom. The summed E-state index contributed by atoms with van der Waals surface area (Å²) in [7, 11) is -4.14. The molecule has 1 heterocycles. The summed E-state index contributed by atoms with van der Waals surface area (Å²) in [4.78, 5) is 11.0. The zero-order valence-electron chi connectivity index (χ0n) is 8.15. The summed E-state index contributed by atoms with van der Waals surface area (Å²) in [5.41, 5.74) is -0.558. The first-order valence-electron chi connectivity index (χ1n) is 4.33. The molecule has 6 nitrogen and oxygen atoms in total. The Balaban J connectivity index is 2.63. The Morgan fingerprint density at radius 2 is 2.12 bits per heavy atom. The van der Waals surface area contributed by atoms with E-state index in [2.05, 4.69) is 15.9 Å². The lowest BCUT2D eigenvalue weighted by atomic mass is 10.2. The number of rotatable bonds is 1. The Labute approximate surface area is 104 Å². The Bertz CT molecular complexity index is 604. The highest BCUT2D eigenvalue weighted by Crippen LogP contribution is 2.36. The molecule has 0 aliphatic carbocycles. The second kappa shape index (κ2) is 3.84. The van der Waals surface area contributed by atoms with Crippen LogP contribution in [0.4, 0.5) is 10.1 Å². The number of carbonyl (C=O) groups is 1. The van der Waals surface area contributed by atoms with Gasteiger partial charge in [-0.3, -0.25) is 4.79 Å². The molecule has 1 amide bonds. The summed E-state index contributed by atoms with van der Waals surface area (Å²) < 4.78 is 38.9. The molecule has 1 aliphatic heterocycles. The molecule has 0 unspecified atom stereocenters. The van der Waals surface area contributed by atoms with Crippen LogP contribution < -0.4 is 9.03 Å². The van der Waals surface area contributed by atoms with E-state index >= 15 is 0 Å². The fourth-order valence-electron chi connectivity index (χ4n) is 1.41. The van der Waals surface area contributed by atoms with Crippen molar-refractivity contribution in [2.75, 3.05) is 10.8 Å². The van der Waals surface area contributed by atoms with Crippen LogP contribution in [0.5, 0.6) is 5.75 Å². The molecule has 1 aliphatic rings. The van der Waals surface area contributed by atoms with Crippen molar-refractivity contribution in [1.82, 2.24) is 4.72 Å². The third-order valence-electron chi connectivity index (χ3n) is 2.12. The van der Waals surface area contributed by atoms with Gasteiger partial charge in [-0.2, -0.15) is 8.42 Å². The zero-order chi connectivity index (χ0) is 12.8. The van der Waals surface area contributed by atoms with Gasteiger partial charge in [0, 0.05) is 0 Å². The second-order valence-corrected chi connectivity index (χ2v) is 5.72. The lowest BCUT2D eigenvalue weighted by molar-refractivity contribution is -0.117. The van der Waals surface area contributed by atoms with Gasteiger partial charge in [-0.1, -0.05) is 0 Å². The summed E-state index contributed by atoms with van der Waals surface area (Å²) in [6.45, 7) is -0.566. The molecule has 2 N–H and O–H groups in total. The van der Waals surface area contributed by atoms with Crippen LogP contribution in [0.2, 0.25) is 0 Å². The van der Waals surface area contributed by atoms with E-state index in [-0.39, 0.29) is 4.47 Å². The molecule has 9 heteroatoms. The van der Waals surface area contributed by atoms with Crippen LogP contribution in [-0.2, 0) is 15.0 Å². The number of halogens is 2. The molecule has 0 saturated carbocycles. The maximum absolute atomic E-state index is 13.7. The van der Waals surface area contributed by atoms with Crippen LogP contribution in [0.25, 0.3) is 0 Å². The van der Waals surface area contributed by atoms with E-state index in [1.807, 2.05) is 0 Å². The molecule has 0 bridgehead atoms. The van der Waals surface area contributed by atoms with Crippen molar-refractivity contribution >= 4 is 37.7 Å². The smallest absolute Gasteiger partial charge is 0.326 e. The number of amides is 1. The average molecular weight is 325 g/mol. The fraction of sp³-hybridized carbons (Fsp3) is 0.125.